The molecule has 1 aromatic carbocycles. The minimum Gasteiger partial charge on any atom is -0.467 e. The summed E-state index contributed by atoms with van der Waals surface area (Å²) in [5.41, 5.74) is 0.228. The zero-order valence-electron chi connectivity index (χ0n) is 12.9. The van der Waals surface area contributed by atoms with Crippen molar-refractivity contribution in [3.05, 3.63) is 59.6 Å². The first-order valence-corrected chi connectivity index (χ1v) is 7.24. The fraction of sp³-hybridized carbons (Fsp3) is 0.250. The van der Waals surface area contributed by atoms with Gasteiger partial charge in [0.2, 0.25) is 5.91 Å². The molecule has 1 atom stereocenters. The van der Waals surface area contributed by atoms with E-state index in [1.807, 2.05) is 0 Å². The van der Waals surface area contributed by atoms with E-state index in [1.54, 1.807) is 19.1 Å². The summed E-state index contributed by atoms with van der Waals surface area (Å²) in [6.07, 6.45) is 1.47. The second kappa shape index (κ2) is 8.21. The maximum atomic E-state index is 13.6. The number of hydrogen-bond acceptors (Lipinski definition) is 4. The third-order valence-corrected chi connectivity index (χ3v) is 3.25. The molecule has 0 bridgehead atoms. The lowest BCUT2D eigenvalue weighted by Gasteiger charge is -2.14. The van der Waals surface area contributed by atoms with Gasteiger partial charge in [-0.1, -0.05) is 6.07 Å². The van der Waals surface area contributed by atoms with Crippen LogP contribution >= 0.6 is 0 Å². The smallest absolute Gasteiger partial charge is 0.321 e. The van der Waals surface area contributed by atoms with Crippen LogP contribution in [-0.4, -0.2) is 18.5 Å². The number of carbonyl (C=O) groups excluding carboxylic acids is 2. The topological polar surface area (TPSA) is 83.4 Å². The number of carbonyl (C=O) groups is 2. The average molecular weight is 337 g/mol. The molecule has 0 saturated carbocycles. The van der Waals surface area contributed by atoms with Crippen molar-refractivity contribution in [2.24, 2.45) is 0 Å². The molecular formula is C16H17F2N3O3. The van der Waals surface area contributed by atoms with Crippen LogP contribution in [0.3, 0.4) is 0 Å². The van der Waals surface area contributed by atoms with E-state index in [4.69, 9.17) is 4.42 Å². The van der Waals surface area contributed by atoms with Crippen molar-refractivity contribution >= 4 is 11.9 Å². The Kier molecular flexibility index (Phi) is 6.02. The van der Waals surface area contributed by atoms with E-state index in [0.717, 1.165) is 12.1 Å². The van der Waals surface area contributed by atoms with Crippen molar-refractivity contribution in [1.29, 1.82) is 0 Å². The monoisotopic (exact) mass is 337 g/mol. The van der Waals surface area contributed by atoms with Gasteiger partial charge in [0.05, 0.1) is 19.4 Å². The molecule has 1 aromatic heterocycles. The van der Waals surface area contributed by atoms with Crippen molar-refractivity contribution in [3.8, 4) is 0 Å². The van der Waals surface area contributed by atoms with E-state index in [1.165, 1.54) is 12.3 Å². The van der Waals surface area contributed by atoms with E-state index in [9.17, 15) is 18.4 Å². The molecule has 0 aliphatic rings. The molecule has 2 aromatic rings. The Morgan fingerprint density at radius 3 is 2.71 bits per heavy atom. The minimum atomic E-state index is -0.702. The highest BCUT2D eigenvalue weighted by Crippen LogP contribution is 2.17. The normalized spacial score (nSPS) is 11.8. The number of rotatable bonds is 6. The number of imide groups is 1. The SMILES string of the molecule is C[C@H](NCC(=O)NC(=O)NCc1ccco1)c1ccc(F)cc1F. The van der Waals surface area contributed by atoms with Crippen molar-refractivity contribution in [1.82, 2.24) is 16.0 Å². The molecule has 128 valence electrons. The molecule has 1 heterocycles. The van der Waals surface area contributed by atoms with Gasteiger partial charge in [0.1, 0.15) is 17.4 Å². The molecule has 0 saturated heterocycles. The lowest BCUT2D eigenvalue weighted by atomic mass is 10.1. The summed E-state index contributed by atoms with van der Waals surface area (Å²) in [4.78, 5) is 23.2. The summed E-state index contributed by atoms with van der Waals surface area (Å²) in [7, 11) is 0. The summed E-state index contributed by atoms with van der Waals surface area (Å²) in [5, 5.41) is 7.34. The number of amides is 3. The van der Waals surface area contributed by atoms with Crippen LogP contribution in [0.5, 0.6) is 0 Å². The lowest BCUT2D eigenvalue weighted by Crippen LogP contribution is -2.43. The molecule has 0 aliphatic heterocycles. The maximum absolute atomic E-state index is 13.6. The first-order valence-electron chi connectivity index (χ1n) is 7.24. The molecule has 6 nitrogen and oxygen atoms in total. The summed E-state index contributed by atoms with van der Waals surface area (Å²) in [5.74, 6) is -1.40. The number of benzene rings is 1. The van der Waals surface area contributed by atoms with E-state index in [0.29, 0.717) is 5.76 Å². The van der Waals surface area contributed by atoms with Gasteiger partial charge in [-0.25, -0.2) is 13.6 Å². The van der Waals surface area contributed by atoms with Gasteiger partial charge in [-0.2, -0.15) is 0 Å². The summed E-state index contributed by atoms with van der Waals surface area (Å²) >= 11 is 0. The molecule has 0 spiro atoms. The van der Waals surface area contributed by atoms with Crippen molar-refractivity contribution < 1.29 is 22.8 Å². The van der Waals surface area contributed by atoms with Gasteiger partial charge in [0, 0.05) is 17.7 Å². The third-order valence-electron chi connectivity index (χ3n) is 3.25. The zero-order chi connectivity index (χ0) is 17.5. The molecule has 3 amide bonds. The highest BCUT2D eigenvalue weighted by molar-refractivity contribution is 5.95. The van der Waals surface area contributed by atoms with Crippen LogP contribution in [0.4, 0.5) is 13.6 Å². The predicted octanol–water partition coefficient (Wildman–Crippen LogP) is 2.23. The maximum Gasteiger partial charge on any atom is 0.321 e. The van der Waals surface area contributed by atoms with E-state index in [2.05, 4.69) is 16.0 Å². The van der Waals surface area contributed by atoms with Gasteiger partial charge in [-0.05, 0) is 25.1 Å². The summed E-state index contributed by atoms with van der Waals surface area (Å²) in [6, 6.07) is 5.38. The lowest BCUT2D eigenvalue weighted by molar-refractivity contribution is -0.119. The Morgan fingerprint density at radius 1 is 1.25 bits per heavy atom. The summed E-state index contributed by atoms with van der Waals surface area (Å²) in [6.45, 7) is 1.57. The zero-order valence-corrected chi connectivity index (χ0v) is 12.9. The molecule has 3 N–H and O–H groups in total. The molecule has 2 rings (SSSR count). The first kappa shape index (κ1) is 17.6. The van der Waals surface area contributed by atoms with Gasteiger partial charge in [0.15, 0.2) is 0 Å². The van der Waals surface area contributed by atoms with Crippen LogP contribution in [0.2, 0.25) is 0 Å². The largest absolute Gasteiger partial charge is 0.467 e. The van der Waals surface area contributed by atoms with Crippen LogP contribution < -0.4 is 16.0 Å². The molecule has 0 aliphatic carbocycles. The first-order chi connectivity index (χ1) is 11.5. The highest BCUT2D eigenvalue weighted by atomic mass is 19.1. The quantitative estimate of drug-likeness (QED) is 0.755. The van der Waals surface area contributed by atoms with Crippen molar-refractivity contribution in [3.63, 3.8) is 0 Å². The highest BCUT2D eigenvalue weighted by Gasteiger charge is 2.14. The molecule has 0 fully saturated rings. The minimum absolute atomic E-state index is 0.150. The van der Waals surface area contributed by atoms with Crippen LogP contribution in [-0.2, 0) is 11.3 Å². The van der Waals surface area contributed by atoms with E-state index < -0.39 is 29.6 Å². The van der Waals surface area contributed by atoms with Gasteiger partial charge < -0.3 is 15.1 Å². The third kappa shape index (κ3) is 5.17. The van der Waals surface area contributed by atoms with Crippen molar-refractivity contribution in [2.45, 2.75) is 19.5 Å². The molecule has 0 unspecified atom stereocenters. The Hall–Kier alpha value is -2.74. The Balaban J connectivity index is 1.74. The number of hydrogen-bond donors (Lipinski definition) is 3. The summed E-state index contributed by atoms with van der Waals surface area (Å²) < 4.78 is 31.5. The average Bonchev–Trinajstić information content (AvgIpc) is 3.04. The van der Waals surface area contributed by atoms with Crippen molar-refractivity contribution in [2.75, 3.05) is 6.54 Å². The number of furan rings is 1. The second-order valence-corrected chi connectivity index (χ2v) is 5.08. The van der Waals surface area contributed by atoms with Gasteiger partial charge in [-0.15, -0.1) is 0 Å². The van der Waals surface area contributed by atoms with Crippen LogP contribution in [0.25, 0.3) is 0 Å². The Labute approximate surface area is 137 Å². The van der Waals surface area contributed by atoms with E-state index >= 15 is 0 Å². The molecule has 0 radical (unpaired) electrons. The van der Waals surface area contributed by atoms with Gasteiger partial charge in [0.25, 0.3) is 0 Å². The second-order valence-electron chi connectivity index (χ2n) is 5.08. The van der Waals surface area contributed by atoms with E-state index in [-0.39, 0.29) is 18.7 Å². The molecule has 8 heteroatoms. The number of urea groups is 1. The fourth-order valence-corrected chi connectivity index (χ4v) is 2.00. The Morgan fingerprint density at radius 2 is 2.04 bits per heavy atom. The van der Waals surface area contributed by atoms with Crippen LogP contribution in [0.15, 0.2) is 41.0 Å². The Bertz CT molecular complexity index is 705. The van der Waals surface area contributed by atoms with Crippen LogP contribution in [0.1, 0.15) is 24.3 Å². The van der Waals surface area contributed by atoms with Gasteiger partial charge in [-0.3, -0.25) is 10.1 Å². The number of nitrogens with one attached hydrogen (secondary N) is 3. The van der Waals surface area contributed by atoms with Crippen LogP contribution in [0, 0.1) is 11.6 Å². The molecular weight excluding hydrogens is 320 g/mol. The number of halogens is 2. The standard InChI is InChI=1S/C16H17F2N3O3/c1-10(13-5-4-11(17)7-14(13)18)19-9-15(22)21-16(23)20-8-12-3-2-6-24-12/h2-7,10,19H,8-9H2,1H3,(H2,20,21,22,23)/t10-/m0/s1. The predicted molar refractivity (Wildman–Crippen MR) is 81.9 cm³/mol. The fourth-order valence-electron chi connectivity index (χ4n) is 2.00. The van der Waals surface area contributed by atoms with Gasteiger partial charge >= 0.3 is 6.03 Å². The molecule has 24 heavy (non-hydrogen) atoms.